The number of aromatic nitrogens is 3. The summed E-state index contributed by atoms with van der Waals surface area (Å²) < 4.78 is 1.82. The van der Waals surface area contributed by atoms with Crippen LogP contribution in [0, 0.1) is 0 Å². The standard InChI is InChI=1S/C14H19N5/c15-11-2-5-14(16,6-3-11)13-10-12(4-8-17-13)19-9-1-7-18-19/h1,4,7-11H,2-3,5-6,15-16H2. The monoisotopic (exact) mass is 257 g/mol. The van der Waals surface area contributed by atoms with Crippen LogP contribution in [0.15, 0.2) is 36.8 Å². The molecule has 0 saturated heterocycles. The lowest BCUT2D eigenvalue weighted by atomic mass is 9.78. The first-order valence-electron chi connectivity index (χ1n) is 6.68. The van der Waals surface area contributed by atoms with Gasteiger partial charge in [0, 0.05) is 24.6 Å². The molecule has 3 rings (SSSR count). The van der Waals surface area contributed by atoms with Crippen LogP contribution < -0.4 is 11.5 Å². The summed E-state index contributed by atoms with van der Waals surface area (Å²) >= 11 is 0. The molecule has 100 valence electrons. The average molecular weight is 257 g/mol. The lowest BCUT2D eigenvalue weighted by Crippen LogP contribution is -2.44. The lowest BCUT2D eigenvalue weighted by molar-refractivity contribution is 0.271. The zero-order valence-corrected chi connectivity index (χ0v) is 10.9. The molecular formula is C14H19N5. The first-order valence-corrected chi connectivity index (χ1v) is 6.68. The SMILES string of the molecule is NC1CCC(N)(c2cc(-n3cccn3)ccn2)CC1. The van der Waals surface area contributed by atoms with E-state index < -0.39 is 0 Å². The molecule has 0 unspecified atom stereocenters. The molecule has 2 heterocycles. The molecule has 0 spiro atoms. The van der Waals surface area contributed by atoms with Gasteiger partial charge in [0.25, 0.3) is 0 Å². The van der Waals surface area contributed by atoms with E-state index in [0.29, 0.717) is 0 Å². The molecule has 1 fully saturated rings. The maximum Gasteiger partial charge on any atom is 0.0679 e. The van der Waals surface area contributed by atoms with Crippen molar-refractivity contribution < 1.29 is 0 Å². The zero-order chi connectivity index (χ0) is 13.3. The van der Waals surface area contributed by atoms with E-state index in [-0.39, 0.29) is 11.6 Å². The fourth-order valence-electron chi connectivity index (χ4n) is 2.67. The lowest BCUT2D eigenvalue weighted by Gasteiger charge is -2.35. The third-order valence-electron chi connectivity index (χ3n) is 3.95. The van der Waals surface area contributed by atoms with E-state index in [4.69, 9.17) is 11.5 Å². The summed E-state index contributed by atoms with van der Waals surface area (Å²) in [6.45, 7) is 0. The Morgan fingerprint density at radius 2 is 2.05 bits per heavy atom. The maximum absolute atomic E-state index is 6.52. The van der Waals surface area contributed by atoms with E-state index in [0.717, 1.165) is 37.1 Å². The molecule has 1 aliphatic rings. The quantitative estimate of drug-likeness (QED) is 0.850. The summed E-state index contributed by atoms with van der Waals surface area (Å²) in [5.41, 5.74) is 14.1. The summed E-state index contributed by atoms with van der Waals surface area (Å²) in [6, 6.07) is 6.15. The molecule has 2 aromatic rings. The van der Waals surface area contributed by atoms with Crippen molar-refractivity contribution in [3.63, 3.8) is 0 Å². The van der Waals surface area contributed by atoms with Gasteiger partial charge in [-0.2, -0.15) is 5.10 Å². The van der Waals surface area contributed by atoms with Crippen LogP contribution in [0.4, 0.5) is 0 Å². The Labute approximate surface area is 112 Å². The van der Waals surface area contributed by atoms with Gasteiger partial charge in [-0.05, 0) is 43.9 Å². The first-order chi connectivity index (χ1) is 9.17. The summed E-state index contributed by atoms with van der Waals surface area (Å²) in [7, 11) is 0. The van der Waals surface area contributed by atoms with Crippen LogP contribution in [0.1, 0.15) is 31.4 Å². The Morgan fingerprint density at radius 3 is 2.74 bits per heavy atom. The summed E-state index contributed by atoms with van der Waals surface area (Å²) in [6.07, 6.45) is 9.19. The highest BCUT2D eigenvalue weighted by atomic mass is 15.3. The minimum absolute atomic E-state index is 0.283. The molecule has 4 N–H and O–H groups in total. The van der Waals surface area contributed by atoms with Crippen molar-refractivity contribution in [3.8, 4) is 5.69 Å². The molecule has 0 atom stereocenters. The second kappa shape index (κ2) is 4.75. The molecule has 5 nitrogen and oxygen atoms in total. The fraction of sp³-hybridized carbons (Fsp3) is 0.429. The van der Waals surface area contributed by atoms with Gasteiger partial charge >= 0.3 is 0 Å². The first kappa shape index (κ1) is 12.3. The average Bonchev–Trinajstić information content (AvgIpc) is 2.97. The van der Waals surface area contributed by atoms with Crippen molar-refractivity contribution in [2.45, 2.75) is 37.3 Å². The Kier molecular flexibility index (Phi) is 3.08. The van der Waals surface area contributed by atoms with E-state index in [1.165, 1.54) is 0 Å². The van der Waals surface area contributed by atoms with Gasteiger partial charge in [0.05, 0.1) is 16.9 Å². The highest BCUT2D eigenvalue weighted by Crippen LogP contribution is 2.33. The number of hydrogen-bond acceptors (Lipinski definition) is 4. The Bertz CT molecular complexity index is 541. The molecule has 0 bridgehead atoms. The van der Waals surface area contributed by atoms with Crippen molar-refractivity contribution in [2.24, 2.45) is 11.5 Å². The summed E-state index contributed by atoms with van der Waals surface area (Å²) in [5, 5.41) is 4.24. The molecule has 1 saturated carbocycles. The highest BCUT2D eigenvalue weighted by Gasteiger charge is 2.33. The number of pyridine rings is 1. The van der Waals surface area contributed by atoms with Crippen LogP contribution in [0.2, 0.25) is 0 Å². The predicted molar refractivity (Wildman–Crippen MR) is 73.7 cm³/mol. The normalized spacial score (nSPS) is 27.4. The van der Waals surface area contributed by atoms with Gasteiger partial charge < -0.3 is 11.5 Å². The number of nitrogens with two attached hydrogens (primary N) is 2. The molecule has 0 amide bonds. The predicted octanol–water partition coefficient (Wildman–Crippen LogP) is 1.32. The summed E-state index contributed by atoms with van der Waals surface area (Å²) in [5.74, 6) is 0. The third-order valence-corrected chi connectivity index (χ3v) is 3.95. The van der Waals surface area contributed by atoms with Crippen molar-refractivity contribution in [3.05, 3.63) is 42.5 Å². The molecular weight excluding hydrogens is 238 g/mol. The second-order valence-corrected chi connectivity index (χ2v) is 5.34. The zero-order valence-electron chi connectivity index (χ0n) is 10.9. The van der Waals surface area contributed by atoms with Gasteiger partial charge in [0.1, 0.15) is 0 Å². The minimum Gasteiger partial charge on any atom is -0.328 e. The fourth-order valence-corrected chi connectivity index (χ4v) is 2.67. The highest BCUT2D eigenvalue weighted by molar-refractivity contribution is 5.34. The number of rotatable bonds is 2. The molecule has 2 aromatic heterocycles. The van der Waals surface area contributed by atoms with Gasteiger partial charge in [-0.3, -0.25) is 4.98 Å². The Hall–Kier alpha value is -1.72. The smallest absolute Gasteiger partial charge is 0.0679 e. The van der Waals surface area contributed by atoms with Gasteiger partial charge in [-0.25, -0.2) is 4.68 Å². The van der Waals surface area contributed by atoms with Crippen molar-refractivity contribution in [1.29, 1.82) is 0 Å². The van der Waals surface area contributed by atoms with Gasteiger partial charge in [0.2, 0.25) is 0 Å². The second-order valence-electron chi connectivity index (χ2n) is 5.34. The third kappa shape index (κ3) is 2.39. The maximum atomic E-state index is 6.52. The van der Waals surface area contributed by atoms with Gasteiger partial charge in [-0.15, -0.1) is 0 Å². The van der Waals surface area contributed by atoms with Gasteiger partial charge in [0.15, 0.2) is 0 Å². The van der Waals surface area contributed by atoms with Crippen LogP contribution in [0.5, 0.6) is 0 Å². The molecule has 0 aromatic carbocycles. The van der Waals surface area contributed by atoms with Crippen molar-refractivity contribution in [1.82, 2.24) is 14.8 Å². The molecule has 0 aliphatic heterocycles. The van der Waals surface area contributed by atoms with Crippen molar-refractivity contribution >= 4 is 0 Å². The summed E-state index contributed by atoms with van der Waals surface area (Å²) in [4.78, 5) is 4.46. The Morgan fingerprint density at radius 1 is 1.26 bits per heavy atom. The van der Waals surface area contributed by atoms with E-state index >= 15 is 0 Å². The van der Waals surface area contributed by atoms with E-state index in [1.807, 2.05) is 29.1 Å². The Balaban J connectivity index is 1.91. The molecule has 1 aliphatic carbocycles. The van der Waals surface area contributed by atoms with Crippen LogP contribution >= 0.6 is 0 Å². The van der Waals surface area contributed by atoms with Gasteiger partial charge in [-0.1, -0.05) is 0 Å². The van der Waals surface area contributed by atoms with Crippen LogP contribution in [0.25, 0.3) is 5.69 Å². The number of nitrogens with zero attached hydrogens (tertiary/aromatic N) is 3. The molecule has 5 heteroatoms. The number of hydrogen-bond donors (Lipinski definition) is 2. The largest absolute Gasteiger partial charge is 0.328 e. The minimum atomic E-state index is -0.348. The topological polar surface area (TPSA) is 82.8 Å². The molecule has 0 radical (unpaired) electrons. The van der Waals surface area contributed by atoms with E-state index in [9.17, 15) is 0 Å². The van der Waals surface area contributed by atoms with Crippen LogP contribution in [0.3, 0.4) is 0 Å². The van der Waals surface area contributed by atoms with Crippen molar-refractivity contribution in [2.75, 3.05) is 0 Å². The van der Waals surface area contributed by atoms with E-state index in [1.54, 1.807) is 12.4 Å². The van der Waals surface area contributed by atoms with Crippen LogP contribution in [-0.4, -0.2) is 20.8 Å². The van der Waals surface area contributed by atoms with Crippen LogP contribution in [-0.2, 0) is 5.54 Å². The molecule has 19 heavy (non-hydrogen) atoms. The van der Waals surface area contributed by atoms with E-state index in [2.05, 4.69) is 10.1 Å².